The number of hydrogen-bond acceptors (Lipinski definition) is 0. The predicted molar refractivity (Wildman–Crippen MR) is 19.1 cm³/mol. The van der Waals surface area contributed by atoms with Crippen molar-refractivity contribution >= 4 is 141 Å². The first-order chi connectivity index (χ1) is 0. The molecule has 0 amide bonds. The minimum absolute atomic E-state index is 0. The molecular weight excluding hydrogens is 437 g/mol. The summed E-state index contributed by atoms with van der Waals surface area (Å²) >= 11 is 0. The fourth-order valence-electron chi connectivity index (χ4n) is 0. The standard InChI is InChI=1S/Cs.Rb.Re.S. The molecule has 0 aromatic carbocycles. The van der Waals surface area contributed by atoms with Crippen LogP contribution in [0, 0.1) is 0 Å². The zero-order valence-electron chi connectivity index (χ0n) is 2.79. The first-order valence-corrected chi connectivity index (χ1v) is 0. The van der Waals surface area contributed by atoms with Gasteiger partial charge in [0.2, 0.25) is 0 Å². The average molecular weight is 437 g/mol. The summed E-state index contributed by atoms with van der Waals surface area (Å²) in [6.45, 7) is 0. The minimum Gasteiger partial charge on any atom is 0 e. The van der Waals surface area contributed by atoms with Crippen molar-refractivity contribution in [2.45, 2.75) is 0 Å². The van der Waals surface area contributed by atoms with E-state index in [1.807, 2.05) is 0 Å². The fourth-order valence-corrected chi connectivity index (χ4v) is 0. The van der Waals surface area contributed by atoms with Crippen LogP contribution in [-0.4, -0.2) is 127 Å². The summed E-state index contributed by atoms with van der Waals surface area (Å²) in [6.07, 6.45) is 0. The third kappa shape index (κ3) is 9.98. The van der Waals surface area contributed by atoms with Gasteiger partial charge in [0, 0.05) is 161 Å². The molecule has 0 unspecified atom stereocenters. The summed E-state index contributed by atoms with van der Waals surface area (Å²) in [4.78, 5) is 0. The second-order valence-electron chi connectivity index (χ2n) is 0. The quantitative estimate of drug-likeness (QED) is 0.497. The normalized spacial score (nSPS) is 0. The summed E-state index contributed by atoms with van der Waals surface area (Å²) in [5.41, 5.74) is 0. The van der Waals surface area contributed by atoms with Crippen molar-refractivity contribution in [3.05, 3.63) is 0 Å². The minimum atomic E-state index is 0. The van der Waals surface area contributed by atoms with Crippen LogP contribution in [0.4, 0.5) is 0 Å². The monoisotopic (exact) mass is 437 g/mol. The summed E-state index contributed by atoms with van der Waals surface area (Å²) in [7, 11) is 0. The molecule has 0 aliphatic carbocycles. The van der Waals surface area contributed by atoms with Crippen LogP contribution in [-0.2, 0) is 20.4 Å². The van der Waals surface area contributed by atoms with E-state index in [2.05, 4.69) is 0 Å². The van der Waals surface area contributed by atoms with Crippen LogP contribution in [0.3, 0.4) is 0 Å². The molecule has 15 valence electrons. The van der Waals surface area contributed by atoms with Crippen molar-refractivity contribution in [2.24, 2.45) is 0 Å². The topological polar surface area (TPSA) is 0 Å². The largest absolute Gasteiger partial charge is 0 e. The molecule has 0 bridgehead atoms. The van der Waals surface area contributed by atoms with Crippen molar-refractivity contribution in [3.63, 3.8) is 0 Å². The summed E-state index contributed by atoms with van der Waals surface area (Å²) < 4.78 is 0. The SMILES string of the molecule is [Cs].[Rb].[Re].[S]. The molecule has 0 N–H and O–H groups in total. The Kier molecular flexibility index (Phi) is 90.7. The molecule has 0 atom stereocenters. The molecule has 0 aliphatic heterocycles. The third-order valence-corrected chi connectivity index (χ3v) is 0. The van der Waals surface area contributed by atoms with Gasteiger partial charge in [-0.2, -0.15) is 0 Å². The van der Waals surface area contributed by atoms with E-state index in [0.29, 0.717) is 0 Å². The molecule has 0 aliphatic rings. The zero-order chi connectivity index (χ0) is 0. The van der Waals surface area contributed by atoms with Crippen LogP contribution in [0.25, 0.3) is 0 Å². The van der Waals surface area contributed by atoms with E-state index < -0.39 is 0 Å². The Bertz CT molecular complexity index is 8.00. The van der Waals surface area contributed by atoms with Gasteiger partial charge < -0.3 is 0 Å². The first kappa shape index (κ1) is 23.2. The van der Waals surface area contributed by atoms with Gasteiger partial charge in [-0.1, -0.05) is 0 Å². The van der Waals surface area contributed by atoms with E-state index in [1.54, 1.807) is 0 Å². The maximum Gasteiger partial charge on any atom is 0 e. The van der Waals surface area contributed by atoms with E-state index in [1.165, 1.54) is 0 Å². The smallest absolute Gasteiger partial charge is 0 e. The van der Waals surface area contributed by atoms with Gasteiger partial charge in [0.05, 0.1) is 0 Å². The maximum absolute atomic E-state index is 0. The molecule has 0 heterocycles. The van der Waals surface area contributed by atoms with E-state index in [9.17, 15) is 0 Å². The van der Waals surface area contributed by atoms with Crippen LogP contribution in [0.5, 0.6) is 0 Å². The Morgan fingerprint density at radius 3 is 1.00 bits per heavy atom. The molecule has 0 saturated carbocycles. The Balaban J connectivity index is 0. The summed E-state index contributed by atoms with van der Waals surface area (Å²) in [5, 5.41) is 0. The van der Waals surface area contributed by atoms with E-state index in [0.717, 1.165) is 0 Å². The number of rotatable bonds is 0. The van der Waals surface area contributed by atoms with Crippen molar-refractivity contribution in [2.75, 3.05) is 0 Å². The van der Waals surface area contributed by atoms with Crippen LogP contribution >= 0.6 is 13.5 Å². The predicted octanol–water partition coefficient (Wildman–Crippen LogP) is -0.116. The summed E-state index contributed by atoms with van der Waals surface area (Å²) in [5.74, 6) is 0. The van der Waals surface area contributed by atoms with Crippen LogP contribution in [0.15, 0.2) is 0 Å². The molecule has 0 saturated heterocycles. The molecule has 5 radical (unpaired) electrons. The molecule has 0 rings (SSSR count). The van der Waals surface area contributed by atoms with Crippen molar-refractivity contribution < 1.29 is 20.4 Å². The Hall–Kier alpha value is 4.87. The van der Waals surface area contributed by atoms with Gasteiger partial charge in [-0.05, 0) is 0 Å². The zero-order valence-corrected chi connectivity index (χ0v) is 17.5. The van der Waals surface area contributed by atoms with Gasteiger partial charge >= 0.3 is 0 Å². The Morgan fingerprint density at radius 1 is 1.00 bits per heavy atom. The fraction of sp³-hybridized carbons (Fsp3) is 0. The van der Waals surface area contributed by atoms with Gasteiger partial charge in [0.15, 0.2) is 0 Å². The molecule has 4 heavy (non-hydrogen) atoms. The molecular formula is CsRbReS. The van der Waals surface area contributed by atoms with Crippen molar-refractivity contribution in [1.82, 2.24) is 0 Å². The molecule has 0 aromatic rings. The van der Waals surface area contributed by atoms with Gasteiger partial charge in [0.25, 0.3) is 0 Å². The van der Waals surface area contributed by atoms with Crippen molar-refractivity contribution in [1.29, 1.82) is 0 Å². The van der Waals surface area contributed by atoms with Crippen LogP contribution < -0.4 is 0 Å². The van der Waals surface area contributed by atoms with Crippen LogP contribution in [0.1, 0.15) is 0 Å². The molecule has 0 fully saturated rings. The molecule has 4 heteroatoms. The second kappa shape index (κ2) is 15.7. The molecule has 0 aromatic heterocycles. The van der Waals surface area contributed by atoms with Crippen LogP contribution in [0.2, 0.25) is 0 Å². The molecule has 0 nitrogen and oxygen atoms in total. The third-order valence-electron chi connectivity index (χ3n) is 0. The van der Waals surface area contributed by atoms with Gasteiger partial charge in [-0.3, -0.25) is 0 Å². The van der Waals surface area contributed by atoms with Gasteiger partial charge in [0.1, 0.15) is 0 Å². The van der Waals surface area contributed by atoms with E-state index >= 15 is 0 Å². The van der Waals surface area contributed by atoms with Crippen molar-refractivity contribution in [3.8, 4) is 0 Å². The van der Waals surface area contributed by atoms with E-state index in [-0.39, 0.29) is 161 Å². The Morgan fingerprint density at radius 2 is 1.00 bits per heavy atom. The van der Waals surface area contributed by atoms with Gasteiger partial charge in [-0.25, -0.2) is 0 Å². The number of hydrogen-bond donors (Lipinski definition) is 0. The Labute approximate surface area is 155 Å². The summed E-state index contributed by atoms with van der Waals surface area (Å²) in [6, 6.07) is 0. The second-order valence-corrected chi connectivity index (χ2v) is 0. The molecule has 0 spiro atoms. The van der Waals surface area contributed by atoms with Gasteiger partial charge in [-0.15, -0.1) is 0 Å². The first-order valence-electron chi connectivity index (χ1n) is 0. The van der Waals surface area contributed by atoms with E-state index in [4.69, 9.17) is 0 Å². The maximum atomic E-state index is 0. The average Bonchev–Trinajstić information content (AvgIpc) is 0.